The summed E-state index contributed by atoms with van der Waals surface area (Å²) >= 11 is 0. The second-order valence-electron chi connectivity index (χ2n) is 17.3. The molecule has 0 unspecified atom stereocenters. The Kier molecular flexibility index (Phi) is 8.06. The smallest absolute Gasteiger partial charge is 0.238 e. The van der Waals surface area contributed by atoms with Crippen LogP contribution in [0.2, 0.25) is 0 Å². The maximum atomic E-state index is 5.31. The monoisotopic (exact) mass is 846 g/mol. The first-order valence-corrected chi connectivity index (χ1v) is 22.6. The number of hydrogen-bond acceptors (Lipinski definition) is 6. The third-order valence-electron chi connectivity index (χ3n) is 13.6. The molecular weight excluding hydrogens is 809 g/mol. The Morgan fingerprint density at radius 2 is 0.621 bits per heavy atom. The molecule has 310 valence electrons. The van der Waals surface area contributed by atoms with Gasteiger partial charge in [0.05, 0.1) is 22.1 Å². The molecule has 0 N–H and O–H groups in total. The van der Waals surface area contributed by atoms with Gasteiger partial charge in [0, 0.05) is 43.8 Å². The standard InChI is InChI=1S/C58H38N8/c1-5-17-35(18-6-1)53-59-54(36-19-7-2-8-20-36)62-57(61-53)65-47-27-15-13-25-41(47)45-33-39-30-32-44-50-40(29-31-43(49(39)50)51(45)65)34-46-42-26-14-16-28-48(42)66(52(44)46)58-63-55(37-21-9-3-10-22-37)60-56(64-58)38-23-11-4-12-24-38/h1-28,33-34H,29-32H2. The molecular formula is C58H38N8. The first kappa shape index (κ1) is 36.8. The number of para-hydroxylation sites is 2. The Bertz CT molecular complexity index is 3540. The Morgan fingerprint density at radius 3 is 0.970 bits per heavy atom. The summed E-state index contributed by atoms with van der Waals surface area (Å²) in [6, 6.07) is 63.3. The lowest BCUT2D eigenvalue weighted by atomic mass is 9.74. The molecule has 0 saturated heterocycles. The molecule has 66 heavy (non-hydrogen) atoms. The summed E-state index contributed by atoms with van der Waals surface area (Å²) in [6.45, 7) is 0. The minimum atomic E-state index is 0.612. The van der Waals surface area contributed by atoms with E-state index >= 15 is 0 Å². The molecule has 2 aliphatic rings. The van der Waals surface area contributed by atoms with Crippen LogP contribution >= 0.6 is 0 Å². The average Bonchev–Trinajstić information content (AvgIpc) is 3.91. The SMILES string of the molecule is c1ccc(-c2nc(-c3ccccc3)nc(-n3c4ccccc4c4cc5c6c(c43)CCc3cc4c7ccccc7n(-c7nc(-c8ccccc8)nc(-c8ccccc8)n7)c4c(c3-6)CC5)n2)cc1. The molecule has 0 radical (unpaired) electrons. The normalized spacial score (nSPS) is 12.9. The summed E-state index contributed by atoms with van der Waals surface area (Å²) in [6.07, 6.45) is 3.61. The molecule has 0 fully saturated rings. The molecule has 0 bridgehead atoms. The van der Waals surface area contributed by atoms with E-state index in [-0.39, 0.29) is 0 Å². The maximum absolute atomic E-state index is 5.31. The molecule has 8 aromatic carbocycles. The Labute approximate surface area is 379 Å². The lowest BCUT2D eigenvalue weighted by Crippen LogP contribution is -2.17. The summed E-state index contributed by atoms with van der Waals surface area (Å²) in [5.41, 5.74) is 16.4. The predicted molar refractivity (Wildman–Crippen MR) is 264 cm³/mol. The van der Waals surface area contributed by atoms with Gasteiger partial charge in [0.15, 0.2) is 23.3 Å². The van der Waals surface area contributed by atoms with E-state index in [0.717, 1.165) is 70.0 Å². The van der Waals surface area contributed by atoms with Gasteiger partial charge in [-0.15, -0.1) is 0 Å². The predicted octanol–water partition coefficient (Wildman–Crippen LogP) is 12.8. The Hall–Kier alpha value is -8.62. The molecule has 8 heteroatoms. The minimum absolute atomic E-state index is 0.612. The molecule has 12 aromatic rings. The van der Waals surface area contributed by atoms with Gasteiger partial charge in [-0.25, -0.2) is 9.97 Å². The van der Waals surface area contributed by atoms with Gasteiger partial charge in [-0.3, -0.25) is 9.13 Å². The van der Waals surface area contributed by atoms with Crippen LogP contribution in [0.5, 0.6) is 0 Å². The summed E-state index contributed by atoms with van der Waals surface area (Å²) < 4.78 is 4.63. The molecule has 2 aliphatic carbocycles. The number of hydrogen-bond donors (Lipinski definition) is 0. The molecule has 0 atom stereocenters. The van der Waals surface area contributed by atoms with Gasteiger partial charge in [-0.2, -0.15) is 19.9 Å². The van der Waals surface area contributed by atoms with E-state index in [0.29, 0.717) is 35.2 Å². The number of aromatic nitrogens is 8. The molecule has 0 amide bonds. The van der Waals surface area contributed by atoms with E-state index in [1.165, 1.54) is 54.9 Å². The quantitative estimate of drug-likeness (QED) is 0.166. The van der Waals surface area contributed by atoms with Crippen LogP contribution in [0.4, 0.5) is 0 Å². The van der Waals surface area contributed by atoms with E-state index in [1.807, 2.05) is 72.8 Å². The fraction of sp³-hybridized carbons (Fsp3) is 0.0690. The van der Waals surface area contributed by atoms with Gasteiger partial charge in [0.25, 0.3) is 0 Å². The van der Waals surface area contributed by atoms with Crippen molar-refractivity contribution in [2.24, 2.45) is 0 Å². The number of nitrogens with zero attached hydrogens (tertiary/aromatic N) is 8. The van der Waals surface area contributed by atoms with E-state index in [2.05, 4.69) is 118 Å². The lowest BCUT2D eigenvalue weighted by molar-refractivity contribution is 0.874. The molecule has 14 rings (SSSR count). The second-order valence-corrected chi connectivity index (χ2v) is 17.3. The summed E-state index contributed by atoms with van der Waals surface area (Å²) in [7, 11) is 0. The third-order valence-corrected chi connectivity index (χ3v) is 13.6. The zero-order valence-corrected chi connectivity index (χ0v) is 35.7. The highest BCUT2D eigenvalue weighted by Crippen LogP contribution is 2.51. The van der Waals surface area contributed by atoms with Crippen LogP contribution < -0.4 is 0 Å². The first-order chi connectivity index (χ1) is 32.7. The van der Waals surface area contributed by atoms with E-state index in [9.17, 15) is 0 Å². The van der Waals surface area contributed by atoms with Crippen molar-refractivity contribution in [3.8, 4) is 68.6 Å². The Morgan fingerprint density at radius 1 is 0.303 bits per heavy atom. The highest BCUT2D eigenvalue weighted by atomic mass is 15.2. The molecule has 0 spiro atoms. The second kappa shape index (κ2) is 14.5. The van der Waals surface area contributed by atoms with Gasteiger partial charge in [0.2, 0.25) is 11.9 Å². The van der Waals surface area contributed by atoms with E-state index < -0.39 is 0 Å². The van der Waals surface area contributed by atoms with E-state index in [1.54, 1.807) is 0 Å². The molecule has 8 nitrogen and oxygen atoms in total. The zero-order valence-electron chi connectivity index (χ0n) is 35.7. The summed E-state index contributed by atoms with van der Waals surface area (Å²) in [5.74, 6) is 3.79. The van der Waals surface area contributed by atoms with Crippen molar-refractivity contribution in [1.82, 2.24) is 39.0 Å². The van der Waals surface area contributed by atoms with Crippen molar-refractivity contribution in [3.05, 3.63) is 204 Å². The number of benzene rings is 8. The van der Waals surface area contributed by atoms with Crippen LogP contribution in [0.25, 0.3) is 112 Å². The average molecular weight is 847 g/mol. The van der Waals surface area contributed by atoms with Crippen molar-refractivity contribution in [1.29, 1.82) is 0 Å². The van der Waals surface area contributed by atoms with Gasteiger partial charge in [0.1, 0.15) is 0 Å². The molecule has 0 saturated carbocycles. The maximum Gasteiger partial charge on any atom is 0.238 e. The fourth-order valence-corrected chi connectivity index (χ4v) is 10.8. The number of fused-ring (bicyclic) bond motifs is 8. The number of aryl methyl sites for hydroxylation is 4. The van der Waals surface area contributed by atoms with Crippen LogP contribution in [0.15, 0.2) is 182 Å². The molecule has 0 aliphatic heterocycles. The third kappa shape index (κ3) is 5.58. The van der Waals surface area contributed by atoms with Gasteiger partial charge < -0.3 is 0 Å². The topological polar surface area (TPSA) is 87.2 Å². The molecule has 4 aromatic heterocycles. The van der Waals surface area contributed by atoms with Crippen molar-refractivity contribution >= 4 is 43.6 Å². The minimum Gasteiger partial charge on any atom is -0.277 e. The van der Waals surface area contributed by atoms with Crippen LogP contribution in [-0.4, -0.2) is 39.0 Å². The highest BCUT2D eigenvalue weighted by Gasteiger charge is 2.34. The first-order valence-electron chi connectivity index (χ1n) is 22.6. The highest BCUT2D eigenvalue weighted by molar-refractivity contribution is 6.15. The zero-order chi connectivity index (χ0) is 43.3. The fourth-order valence-electron chi connectivity index (χ4n) is 10.8. The van der Waals surface area contributed by atoms with Gasteiger partial charge in [-0.05, 0) is 83.3 Å². The van der Waals surface area contributed by atoms with Crippen molar-refractivity contribution in [2.45, 2.75) is 25.7 Å². The largest absolute Gasteiger partial charge is 0.277 e. The van der Waals surface area contributed by atoms with Gasteiger partial charge in [-0.1, -0.05) is 158 Å². The van der Waals surface area contributed by atoms with Crippen molar-refractivity contribution in [2.75, 3.05) is 0 Å². The van der Waals surface area contributed by atoms with Crippen LogP contribution in [0, 0.1) is 0 Å². The summed E-state index contributed by atoms with van der Waals surface area (Å²) in [5, 5.41) is 4.85. The Balaban J connectivity index is 1.05. The van der Waals surface area contributed by atoms with E-state index in [4.69, 9.17) is 29.9 Å². The number of rotatable bonds is 6. The van der Waals surface area contributed by atoms with Crippen molar-refractivity contribution < 1.29 is 0 Å². The van der Waals surface area contributed by atoms with Crippen LogP contribution in [0.3, 0.4) is 0 Å². The van der Waals surface area contributed by atoms with Crippen LogP contribution in [0.1, 0.15) is 22.3 Å². The lowest BCUT2D eigenvalue weighted by Gasteiger charge is -2.31. The summed E-state index contributed by atoms with van der Waals surface area (Å²) in [4.78, 5) is 31.4. The van der Waals surface area contributed by atoms with Crippen molar-refractivity contribution in [3.63, 3.8) is 0 Å². The van der Waals surface area contributed by atoms with Crippen LogP contribution in [-0.2, 0) is 25.7 Å². The molecule has 4 heterocycles. The van der Waals surface area contributed by atoms with Gasteiger partial charge >= 0.3 is 0 Å².